The second kappa shape index (κ2) is 4.68. The second-order valence-electron chi connectivity index (χ2n) is 4.35. The van der Waals surface area contributed by atoms with Crippen LogP contribution < -0.4 is 5.32 Å². The summed E-state index contributed by atoms with van der Waals surface area (Å²) in [6.07, 6.45) is -1.69. The standard InChI is InChI=1S/C11H16F3N3/c1-2-17-10(5-6-16-17)9-4-3-8(7-15-9)11(12,13)14/h5-6,8-9,15H,2-4,7H2,1H3. The minimum atomic E-state index is -4.08. The fourth-order valence-corrected chi connectivity index (χ4v) is 2.29. The Hall–Kier alpha value is -1.04. The molecule has 0 bridgehead atoms. The van der Waals surface area contributed by atoms with Crippen molar-refractivity contribution in [2.24, 2.45) is 5.92 Å². The lowest BCUT2D eigenvalue weighted by molar-refractivity contribution is -0.179. The molecule has 2 unspecified atom stereocenters. The van der Waals surface area contributed by atoms with Gasteiger partial charge in [0.05, 0.1) is 11.6 Å². The molecule has 17 heavy (non-hydrogen) atoms. The van der Waals surface area contributed by atoms with E-state index in [0.717, 1.165) is 12.2 Å². The van der Waals surface area contributed by atoms with Crippen LogP contribution in [0.3, 0.4) is 0 Å². The zero-order valence-corrected chi connectivity index (χ0v) is 9.67. The monoisotopic (exact) mass is 247 g/mol. The van der Waals surface area contributed by atoms with E-state index < -0.39 is 12.1 Å². The third-order valence-corrected chi connectivity index (χ3v) is 3.28. The van der Waals surface area contributed by atoms with Crippen molar-refractivity contribution in [2.75, 3.05) is 6.54 Å². The van der Waals surface area contributed by atoms with E-state index in [1.807, 2.05) is 17.7 Å². The van der Waals surface area contributed by atoms with Crippen LogP contribution in [0.1, 0.15) is 31.5 Å². The number of nitrogens with one attached hydrogen (secondary N) is 1. The van der Waals surface area contributed by atoms with Gasteiger partial charge in [-0.15, -0.1) is 0 Å². The van der Waals surface area contributed by atoms with Crippen LogP contribution in [-0.2, 0) is 6.54 Å². The van der Waals surface area contributed by atoms with Gasteiger partial charge in [-0.05, 0) is 25.8 Å². The number of alkyl halides is 3. The Morgan fingerprint density at radius 3 is 2.76 bits per heavy atom. The molecule has 0 aromatic carbocycles. The highest BCUT2D eigenvalue weighted by atomic mass is 19.4. The van der Waals surface area contributed by atoms with Crippen molar-refractivity contribution in [1.82, 2.24) is 15.1 Å². The number of piperidine rings is 1. The van der Waals surface area contributed by atoms with Gasteiger partial charge in [-0.25, -0.2) is 0 Å². The average molecular weight is 247 g/mol. The van der Waals surface area contributed by atoms with E-state index in [9.17, 15) is 13.2 Å². The quantitative estimate of drug-likeness (QED) is 0.870. The van der Waals surface area contributed by atoms with Crippen molar-refractivity contribution in [1.29, 1.82) is 0 Å². The van der Waals surface area contributed by atoms with Gasteiger partial charge >= 0.3 is 6.18 Å². The molecular formula is C11H16F3N3. The molecule has 0 spiro atoms. The molecule has 0 aliphatic carbocycles. The van der Waals surface area contributed by atoms with Gasteiger partial charge in [0.15, 0.2) is 0 Å². The first kappa shape index (κ1) is 12.4. The summed E-state index contributed by atoms with van der Waals surface area (Å²) in [5.74, 6) is -1.21. The third kappa shape index (κ3) is 2.62. The van der Waals surface area contributed by atoms with E-state index in [2.05, 4.69) is 10.4 Å². The van der Waals surface area contributed by atoms with Gasteiger partial charge in [-0.3, -0.25) is 4.68 Å². The highest BCUT2D eigenvalue weighted by Gasteiger charge is 2.41. The predicted molar refractivity (Wildman–Crippen MR) is 57.4 cm³/mol. The van der Waals surface area contributed by atoms with Gasteiger partial charge in [-0.1, -0.05) is 0 Å². The maximum atomic E-state index is 12.5. The number of hydrogen-bond donors (Lipinski definition) is 1. The third-order valence-electron chi connectivity index (χ3n) is 3.28. The molecule has 1 aromatic rings. The first-order valence-corrected chi connectivity index (χ1v) is 5.84. The molecule has 1 saturated heterocycles. The van der Waals surface area contributed by atoms with Crippen LogP contribution >= 0.6 is 0 Å². The summed E-state index contributed by atoms with van der Waals surface area (Å²) in [5.41, 5.74) is 0.980. The van der Waals surface area contributed by atoms with Crippen molar-refractivity contribution >= 4 is 0 Å². The molecule has 1 aliphatic heterocycles. The van der Waals surface area contributed by atoms with E-state index in [0.29, 0.717) is 6.42 Å². The summed E-state index contributed by atoms with van der Waals surface area (Å²) in [6.45, 7) is 2.71. The molecule has 6 heteroatoms. The topological polar surface area (TPSA) is 29.9 Å². The molecule has 1 aromatic heterocycles. The summed E-state index contributed by atoms with van der Waals surface area (Å²) in [5, 5.41) is 7.10. The molecule has 96 valence electrons. The fraction of sp³-hybridized carbons (Fsp3) is 0.727. The van der Waals surface area contributed by atoms with E-state index in [4.69, 9.17) is 0 Å². The van der Waals surface area contributed by atoms with E-state index in [-0.39, 0.29) is 19.0 Å². The lowest BCUT2D eigenvalue weighted by Crippen LogP contribution is -2.40. The zero-order valence-electron chi connectivity index (χ0n) is 9.67. The Kier molecular flexibility index (Phi) is 3.42. The smallest absolute Gasteiger partial charge is 0.308 e. The number of rotatable bonds is 2. The largest absolute Gasteiger partial charge is 0.393 e. The maximum Gasteiger partial charge on any atom is 0.393 e. The summed E-state index contributed by atoms with van der Waals surface area (Å²) < 4.78 is 39.3. The van der Waals surface area contributed by atoms with Gasteiger partial charge < -0.3 is 5.32 Å². The predicted octanol–water partition coefficient (Wildman–Crippen LogP) is 2.51. The molecule has 3 nitrogen and oxygen atoms in total. The van der Waals surface area contributed by atoms with Crippen molar-refractivity contribution < 1.29 is 13.2 Å². The Labute approximate surface area is 98.0 Å². The van der Waals surface area contributed by atoms with Crippen molar-refractivity contribution in [2.45, 2.75) is 38.5 Å². The maximum absolute atomic E-state index is 12.5. The summed E-state index contributed by atoms with van der Waals surface area (Å²) in [4.78, 5) is 0. The summed E-state index contributed by atoms with van der Waals surface area (Å²) in [7, 11) is 0. The van der Waals surface area contributed by atoms with Crippen molar-refractivity contribution in [3.05, 3.63) is 18.0 Å². The van der Waals surface area contributed by atoms with Crippen molar-refractivity contribution in [3.63, 3.8) is 0 Å². The summed E-state index contributed by atoms with van der Waals surface area (Å²) >= 11 is 0. The lowest BCUT2D eigenvalue weighted by atomic mass is 9.93. The van der Waals surface area contributed by atoms with Crippen molar-refractivity contribution in [3.8, 4) is 0 Å². The Bertz CT molecular complexity index is 364. The SMILES string of the molecule is CCn1nccc1C1CCC(C(F)(F)F)CN1. The molecule has 2 rings (SSSR count). The van der Waals surface area contributed by atoms with Crippen LogP contribution in [-0.4, -0.2) is 22.5 Å². The molecule has 0 radical (unpaired) electrons. The second-order valence-corrected chi connectivity index (χ2v) is 4.35. The van der Waals surface area contributed by atoms with Gasteiger partial charge in [0.25, 0.3) is 0 Å². The molecule has 0 saturated carbocycles. The minimum absolute atomic E-state index is 0.00304. The highest BCUT2D eigenvalue weighted by molar-refractivity contribution is 5.08. The minimum Gasteiger partial charge on any atom is -0.308 e. The number of aromatic nitrogens is 2. The Morgan fingerprint density at radius 2 is 2.24 bits per heavy atom. The molecule has 2 heterocycles. The van der Waals surface area contributed by atoms with Gasteiger partial charge in [-0.2, -0.15) is 18.3 Å². The van der Waals surface area contributed by atoms with E-state index >= 15 is 0 Å². The molecule has 1 aliphatic rings. The molecule has 1 N–H and O–H groups in total. The average Bonchev–Trinajstić information content (AvgIpc) is 2.76. The Balaban J connectivity index is 2.00. The molecular weight excluding hydrogens is 231 g/mol. The van der Waals surface area contributed by atoms with Crippen LogP contribution in [0, 0.1) is 5.92 Å². The van der Waals surface area contributed by atoms with Crippen LogP contribution in [0.2, 0.25) is 0 Å². The number of nitrogens with zero attached hydrogens (tertiary/aromatic N) is 2. The Morgan fingerprint density at radius 1 is 1.47 bits per heavy atom. The number of halogens is 3. The molecule has 1 fully saturated rings. The first-order valence-electron chi connectivity index (χ1n) is 5.84. The van der Waals surface area contributed by atoms with Crippen LogP contribution in [0.5, 0.6) is 0 Å². The zero-order chi connectivity index (χ0) is 12.5. The van der Waals surface area contributed by atoms with Crippen LogP contribution in [0.4, 0.5) is 13.2 Å². The molecule has 0 amide bonds. The van der Waals surface area contributed by atoms with Gasteiger partial charge in [0.1, 0.15) is 0 Å². The fourth-order valence-electron chi connectivity index (χ4n) is 2.29. The molecule has 2 atom stereocenters. The van der Waals surface area contributed by atoms with Gasteiger partial charge in [0, 0.05) is 25.3 Å². The van der Waals surface area contributed by atoms with Gasteiger partial charge in [0.2, 0.25) is 0 Å². The first-order chi connectivity index (χ1) is 8.02. The lowest BCUT2D eigenvalue weighted by Gasteiger charge is -2.31. The normalized spacial score (nSPS) is 26.1. The van der Waals surface area contributed by atoms with E-state index in [1.54, 1.807) is 6.20 Å². The van der Waals surface area contributed by atoms with E-state index in [1.165, 1.54) is 0 Å². The number of aryl methyl sites for hydroxylation is 1. The van der Waals surface area contributed by atoms with Crippen LogP contribution in [0.15, 0.2) is 12.3 Å². The summed E-state index contributed by atoms with van der Waals surface area (Å²) in [6, 6.07) is 1.87. The number of hydrogen-bond acceptors (Lipinski definition) is 2. The highest BCUT2D eigenvalue weighted by Crippen LogP contribution is 2.35. The van der Waals surface area contributed by atoms with Crippen LogP contribution in [0.25, 0.3) is 0 Å².